The first kappa shape index (κ1) is 22.1. The van der Waals surface area contributed by atoms with Crippen molar-refractivity contribution in [3.8, 4) is 16.9 Å². The number of rotatable bonds is 7. The molecule has 0 fully saturated rings. The van der Waals surface area contributed by atoms with Crippen LogP contribution in [-0.2, 0) is 11.2 Å². The number of halogens is 2. The highest BCUT2D eigenvalue weighted by Gasteiger charge is 2.15. The maximum atomic E-state index is 13.6. The number of phenols is 1. The summed E-state index contributed by atoms with van der Waals surface area (Å²) in [5.74, 6) is -2.39. The number of amides is 1. The zero-order valence-electron chi connectivity index (χ0n) is 17.2. The highest BCUT2D eigenvalue weighted by atomic mass is 19.1. The molecule has 3 aromatic rings. The quantitative estimate of drug-likeness (QED) is 0.432. The monoisotopic (exact) mass is 424 g/mol. The number of pyridine rings is 1. The van der Waals surface area contributed by atoms with Crippen LogP contribution in [0.2, 0.25) is 0 Å². The third-order valence-corrected chi connectivity index (χ3v) is 5.08. The van der Waals surface area contributed by atoms with Crippen molar-refractivity contribution in [3.63, 3.8) is 0 Å². The topological polar surface area (TPSA) is 70.5 Å². The van der Waals surface area contributed by atoms with Gasteiger partial charge < -0.3 is 10.0 Å². The Morgan fingerprint density at radius 3 is 2.29 bits per heavy atom. The van der Waals surface area contributed by atoms with Crippen LogP contribution in [0.3, 0.4) is 0 Å². The fourth-order valence-electron chi connectivity index (χ4n) is 3.22. The highest BCUT2D eigenvalue weighted by molar-refractivity contribution is 5.99. The Kier molecular flexibility index (Phi) is 6.74. The van der Waals surface area contributed by atoms with E-state index >= 15 is 0 Å². The molecule has 7 heteroatoms. The molecule has 0 spiro atoms. The Bertz CT molecular complexity index is 1110. The first-order chi connectivity index (χ1) is 14.8. The van der Waals surface area contributed by atoms with E-state index in [4.69, 9.17) is 0 Å². The molecule has 0 radical (unpaired) electrons. The number of ketones is 1. The normalized spacial score (nSPS) is 10.7. The lowest BCUT2D eigenvalue weighted by Crippen LogP contribution is -2.24. The van der Waals surface area contributed by atoms with Crippen molar-refractivity contribution in [2.45, 2.75) is 26.2 Å². The van der Waals surface area contributed by atoms with Gasteiger partial charge in [0, 0.05) is 31.1 Å². The summed E-state index contributed by atoms with van der Waals surface area (Å²) >= 11 is 0. The number of Topliss-reactive ketones (excluding diaryl/α,β-unsaturated/α-hetero) is 1. The molecule has 31 heavy (non-hydrogen) atoms. The smallest absolute Gasteiger partial charge is 0.226 e. The van der Waals surface area contributed by atoms with Gasteiger partial charge in [-0.2, -0.15) is 13.8 Å². The van der Waals surface area contributed by atoms with Crippen LogP contribution in [0.1, 0.15) is 35.7 Å². The predicted molar refractivity (Wildman–Crippen MR) is 114 cm³/mol. The van der Waals surface area contributed by atoms with E-state index < -0.39 is 11.9 Å². The molecule has 5 nitrogen and oxygen atoms in total. The predicted octanol–water partition coefficient (Wildman–Crippen LogP) is 4.92. The number of aromatic nitrogens is 1. The molecule has 0 saturated carbocycles. The largest absolute Gasteiger partial charge is 0.507 e. The Labute approximate surface area is 179 Å². The van der Waals surface area contributed by atoms with E-state index in [1.165, 1.54) is 18.2 Å². The Balaban J connectivity index is 1.72. The van der Waals surface area contributed by atoms with Gasteiger partial charge in [0.05, 0.1) is 5.56 Å². The molecular formula is C24H22F2N2O3. The molecule has 1 amide bonds. The molecule has 0 atom stereocenters. The van der Waals surface area contributed by atoms with Gasteiger partial charge in [0.15, 0.2) is 5.78 Å². The van der Waals surface area contributed by atoms with Gasteiger partial charge in [-0.05, 0) is 53.9 Å². The number of phenolic OH excluding ortho intramolecular Hbond substituents is 1. The van der Waals surface area contributed by atoms with Crippen molar-refractivity contribution in [2.24, 2.45) is 0 Å². The van der Waals surface area contributed by atoms with Crippen LogP contribution >= 0.6 is 0 Å². The van der Waals surface area contributed by atoms with Gasteiger partial charge in [0.2, 0.25) is 17.8 Å². The van der Waals surface area contributed by atoms with Crippen LogP contribution in [0.4, 0.5) is 14.5 Å². The van der Waals surface area contributed by atoms with Crippen LogP contribution in [0, 0.1) is 11.9 Å². The van der Waals surface area contributed by atoms with E-state index in [-0.39, 0.29) is 41.4 Å². The van der Waals surface area contributed by atoms with Crippen molar-refractivity contribution in [3.05, 3.63) is 77.6 Å². The number of benzene rings is 2. The second kappa shape index (κ2) is 9.47. The molecule has 0 aliphatic heterocycles. The van der Waals surface area contributed by atoms with E-state index in [0.717, 1.165) is 17.3 Å². The first-order valence-electron chi connectivity index (χ1n) is 9.84. The van der Waals surface area contributed by atoms with Crippen molar-refractivity contribution in [2.75, 3.05) is 11.9 Å². The number of hydrogen-bond acceptors (Lipinski definition) is 4. The SMILES string of the molecule is CCC(=O)N(C)c1ccc(-c2ccc(C(=O)CCc3ccc(F)nc3F)c(O)c2)cc1. The molecule has 160 valence electrons. The number of hydrogen-bond donors (Lipinski definition) is 1. The van der Waals surface area contributed by atoms with Gasteiger partial charge in [-0.25, -0.2) is 0 Å². The zero-order valence-corrected chi connectivity index (χ0v) is 17.2. The summed E-state index contributed by atoms with van der Waals surface area (Å²) < 4.78 is 26.5. The third kappa shape index (κ3) is 5.12. The van der Waals surface area contributed by atoms with Gasteiger partial charge in [-0.15, -0.1) is 0 Å². The second-order valence-corrected chi connectivity index (χ2v) is 7.09. The van der Waals surface area contributed by atoms with Crippen LogP contribution in [-0.4, -0.2) is 28.8 Å². The van der Waals surface area contributed by atoms with Crippen molar-refractivity contribution in [1.82, 2.24) is 4.98 Å². The molecule has 0 aliphatic carbocycles. The van der Waals surface area contributed by atoms with Crippen LogP contribution < -0.4 is 4.90 Å². The lowest BCUT2D eigenvalue weighted by molar-refractivity contribution is -0.118. The highest BCUT2D eigenvalue weighted by Crippen LogP contribution is 2.29. The molecule has 1 aromatic heterocycles. The van der Waals surface area contributed by atoms with Crippen LogP contribution in [0.5, 0.6) is 5.75 Å². The minimum absolute atomic E-state index is 0.00422. The Morgan fingerprint density at radius 2 is 1.68 bits per heavy atom. The van der Waals surface area contributed by atoms with E-state index in [2.05, 4.69) is 4.98 Å². The molecule has 0 unspecified atom stereocenters. The maximum absolute atomic E-state index is 13.6. The number of carbonyl (C=O) groups is 2. The summed E-state index contributed by atoms with van der Waals surface area (Å²) in [5, 5.41) is 10.3. The molecule has 3 rings (SSSR count). The van der Waals surface area contributed by atoms with E-state index in [1.54, 1.807) is 24.9 Å². The van der Waals surface area contributed by atoms with E-state index in [9.17, 15) is 23.5 Å². The van der Waals surface area contributed by atoms with Crippen LogP contribution in [0.15, 0.2) is 54.6 Å². The van der Waals surface area contributed by atoms with Gasteiger partial charge in [-0.3, -0.25) is 9.59 Å². The minimum Gasteiger partial charge on any atom is -0.507 e. The third-order valence-electron chi connectivity index (χ3n) is 5.08. The summed E-state index contributed by atoms with van der Waals surface area (Å²) in [6, 6.07) is 14.3. The van der Waals surface area contributed by atoms with Crippen molar-refractivity contribution < 1.29 is 23.5 Å². The number of aromatic hydroxyl groups is 1. The maximum Gasteiger partial charge on any atom is 0.226 e. The average Bonchev–Trinajstić information content (AvgIpc) is 2.77. The number of nitrogens with zero attached hydrogens (tertiary/aromatic N) is 2. The Morgan fingerprint density at radius 1 is 1.00 bits per heavy atom. The van der Waals surface area contributed by atoms with Gasteiger partial charge in [-0.1, -0.05) is 25.1 Å². The fourth-order valence-corrected chi connectivity index (χ4v) is 3.22. The number of anilines is 1. The van der Waals surface area contributed by atoms with Gasteiger partial charge >= 0.3 is 0 Å². The fraction of sp³-hybridized carbons (Fsp3) is 0.208. The summed E-state index contributed by atoms with van der Waals surface area (Å²) in [6.07, 6.45) is 0.403. The van der Waals surface area contributed by atoms with Gasteiger partial charge in [0.1, 0.15) is 5.75 Å². The lowest BCUT2D eigenvalue weighted by Gasteiger charge is -2.17. The molecular weight excluding hydrogens is 402 g/mol. The van der Waals surface area contributed by atoms with Gasteiger partial charge in [0.25, 0.3) is 0 Å². The number of aryl methyl sites for hydroxylation is 1. The molecule has 1 N–H and O–H groups in total. The summed E-state index contributed by atoms with van der Waals surface area (Å²) in [7, 11) is 1.71. The van der Waals surface area contributed by atoms with E-state index in [1.807, 2.05) is 24.3 Å². The lowest BCUT2D eigenvalue weighted by atomic mass is 9.98. The minimum atomic E-state index is -0.943. The molecule has 2 aromatic carbocycles. The Hall–Kier alpha value is -3.61. The summed E-state index contributed by atoms with van der Waals surface area (Å²) in [5.41, 5.74) is 2.55. The summed E-state index contributed by atoms with van der Waals surface area (Å²) in [6.45, 7) is 1.80. The van der Waals surface area contributed by atoms with E-state index in [0.29, 0.717) is 12.0 Å². The molecule has 0 bridgehead atoms. The average molecular weight is 424 g/mol. The van der Waals surface area contributed by atoms with Crippen LogP contribution in [0.25, 0.3) is 11.1 Å². The number of carbonyl (C=O) groups excluding carboxylic acids is 2. The van der Waals surface area contributed by atoms with Crippen molar-refractivity contribution >= 4 is 17.4 Å². The zero-order chi connectivity index (χ0) is 22.5. The molecule has 0 aliphatic rings. The summed E-state index contributed by atoms with van der Waals surface area (Å²) in [4.78, 5) is 28.9. The first-order valence-corrected chi connectivity index (χ1v) is 9.84. The van der Waals surface area contributed by atoms with Crippen molar-refractivity contribution in [1.29, 1.82) is 0 Å². The second-order valence-electron chi connectivity index (χ2n) is 7.09. The standard InChI is InChI=1S/C24H22F2N2O3/c1-3-23(31)28(2)18-9-4-15(5-10-18)17-6-11-19(21(30)14-17)20(29)12-7-16-8-13-22(25)27-24(16)26/h4-6,8-11,13-14,30H,3,7,12H2,1-2H3. The molecule has 0 saturated heterocycles. The molecule has 1 heterocycles.